The summed E-state index contributed by atoms with van der Waals surface area (Å²) in [5.74, 6) is -4.07. The Labute approximate surface area is 74.1 Å². The zero-order chi connectivity index (χ0) is 10.6. The zero-order valence-electron chi connectivity index (χ0n) is 7.43. The van der Waals surface area contributed by atoms with Crippen molar-refractivity contribution in [3.05, 3.63) is 0 Å². The molecule has 0 saturated heterocycles. The van der Waals surface area contributed by atoms with E-state index in [0.29, 0.717) is 0 Å². The SMILES string of the molecule is CN(C)CC[C@H](C(=O)O)C(F)(F)F. The number of aliphatic carboxylic acids is 1. The predicted molar refractivity (Wildman–Crippen MR) is 40.4 cm³/mol. The van der Waals surface area contributed by atoms with E-state index in [2.05, 4.69) is 0 Å². The second-order valence-corrected chi connectivity index (χ2v) is 3.02. The van der Waals surface area contributed by atoms with E-state index in [-0.39, 0.29) is 6.54 Å². The molecule has 0 amide bonds. The van der Waals surface area contributed by atoms with Crippen molar-refractivity contribution < 1.29 is 23.1 Å². The van der Waals surface area contributed by atoms with Gasteiger partial charge in [0.2, 0.25) is 0 Å². The summed E-state index contributed by atoms with van der Waals surface area (Å²) in [6.07, 6.45) is -5.06. The van der Waals surface area contributed by atoms with Crippen LogP contribution in [-0.4, -0.2) is 42.8 Å². The van der Waals surface area contributed by atoms with Gasteiger partial charge in [-0.1, -0.05) is 0 Å². The van der Waals surface area contributed by atoms with Crippen molar-refractivity contribution in [3.63, 3.8) is 0 Å². The predicted octanol–water partition coefficient (Wildman–Crippen LogP) is 1.20. The van der Waals surface area contributed by atoms with Crippen LogP contribution in [0.1, 0.15) is 6.42 Å². The van der Waals surface area contributed by atoms with Crippen LogP contribution in [0.4, 0.5) is 13.2 Å². The monoisotopic (exact) mass is 199 g/mol. The van der Waals surface area contributed by atoms with Gasteiger partial charge in [-0.05, 0) is 27.1 Å². The standard InChI is InChI=1S/C7H12F3NO2/c1-11(2)4-3-5(6(12)13)7(8,9)10/h5H,3-4H2,1-2H3,(H,12,13)/t5-/m1/s1. The normalized spacial score (nSPS) is 14.6. The van der Waals surface area contributed by atoms with Gasteiger partial charge >= 0.3 is 12.1 Å². The Morgan fingerprint density at radius 3 is 2.15 bits per heavy atom. The summed E-state index contributed by atoms with van der Waals surface area (Å²) in [5, 5.41) is 8.28. The Balaban J connectivity index is 4.20. The maximum Gasteiger partial charge on any atom is 0.402 e. The van der Waals surface area contributed by atoms with Crippen LogP contribution >= 0.6 is 0 Å². The molecule has 0 heterocycles. The summed E-state index contributed by atoms with van der Waals surface area (Å²) in [4.78, 5) is 11.7. The van der Waals surface area contributed by atoms with Crippen LogP contribution in [0, 0.1) is 5.92 Å². The molecule has 1 atom stereocenters. The molecule has 0 radical (unpaired) electrons. The fraction of sp³-hybridized carbons (Fsp3) is 0.857. The molecule has 3 nitrogen and oxygen atoms in total. The third-order valence-electron chi connectivity index (χ3n) is 1.56. The van der Waals surface area contributed by atoms with E-state index in [9.17, 15) is 18.0 Å². The van der Waals surface area contributed by atoms with Crippen molar-refractivity contribution in [2.45, 2.75) is 12.6 Å². The van der Waals surface area contributed by atoms with Crippen molar-refractivity contribution in [3.8, 4) is 0 Å². The van der Waals surface area contributed by atoms with Crippen molar-refractivity contribution >= 4 is 5.97 Å². The largest absolute Gasteiger partial charge is 0.481 e. The molecule has 78 valence electrons. The maximum absolute atomic E-state index is 12.0. The molecule has 0 saturated carbocycles. The number of alkyl halides is 3. The van der Waals surface area contributed by atoms with Crippen molar-refractivity contribution in [2.75, 3.05) is 20.6 Å². The van der Waals surface area contributed by atoms with Crippen LogP contribution in [0.5, 0.6) is 0 Å². The van der Waals surface area contributed by atoms with Gasteiger partial charge in [-0.2, -0.15) is 13.2 Å². The molecule has 1 N–H and O–H groups in total. The fourth-order valence-corrected chi connectivity index (χ4v) is 0.814. The molecular weight excluding hydrogens is 187 g/mol. The first-order chi connectivity index (χ1) is 5.75. The highest BCUT2D eigenvalue weighted by Crippen LogP contribution is 2.28. The third-order valence-corrected chi connectivity index (χ3v) is 1.56. The molecule has 13 heavy (non-hydrogen) atoms. The lowest BCUT2D eigenvalue weighted by Gasteiger charge is -2.17. The Morgan fingerprint density at radius 1 is 1.46 bits per heavy atom. The summed E-state index contributed by atoms with van der Waals surface area (Å²) in [7, 11) is 3.19. The summed E-state index contributed by atoms with van der Waals surface area (Å²) < 4.78 is 36.1. The zero-order valence-corrected chi connectivity index (χ0v) is 7.43. The first-order valence-electron chi connectivity index (χ1n) is 3.69. The molecule has 6 heteroatoms. The van der Waals surface area contributed by atoms with Crippen molar-refractivity contribution in [1.82, 2.24) is 4.90 Å². The highest BCUT2D eigenvalue weighted by Gasteiger charge is 2.44. The lowest BCUT2D eigenvalue weighted by atomic mass is 10.1. The minimum atomic E-state index is -4.65. The number of hydrogen-bond acceptors (Lipinski definition) is 2. The van der Waals surface area contributed by atoms with Gasteiger partial charge in [0.15, 0.2) is 5.92 Å². The first-order valence-corrected chi connectivity index (χ1v) is 3.69. The molecule has 0 aromatic carbocycles. The van der Waals surface area contributed by atoms with Crippen molar-refractivity contribution in [2.24, 2.45) is 5.92 Å². The second-order valence-electron chi connectivity index (χ2n) is 3.02. The lowest BCUT2D eigenvalue weighted by Crippen LogP contribution is -2.33. The van der Waals surface area contributed by atoms with Gasteiger partial charge in [-0.3, -0.25) is 4.79 Å². The van der Waals surface area contributed by atoms with Crippen LogP contribution in [0.3, 0.4) is 0 Å². The molecule has 0 bridgehead atoms. The van der Waals surface area contributed by atoms with E-state index in [4.69, 9.17) is 5.11 Å². The molecule has 0 fully saturated rings. The Hall–Kier alpha value is -0.780. The molecule has 0 aliphatic heterocycles. The van der Waals surface area contributed by atoms with E-state index in [1.165, 1.54) is 4.90 Å². The Bertz CT molecular complexity index is 179. The Morgan fingerprint density at radius 2 is 1.92 bits per heavy atom. The summed E-state index contributed by atoms with van der Waals surface area (Å²) in [5.41, 5.74) is 0. The smallest absolute Gasteiger partial charge is 0.402 e. The van der Waals surface area contributed by atoms with Crippen LogP contribution in [0.2, 0.25) is 0 Å². The Kier molecular flexibility index (Phi) is 4.19. The maximum atomic E-state index is 12.0. The minimum Gasteiger partial charge on any atom is -0.481 e. The molecule has 0 aromatic heterocycles. The highest BCUT2D eigenvalue weighted by molar-refractivity contribution is 5.70. The average molecular weight is 199 g/mol. The van der Waals surface area contributed by atoms with Crippen LogP contribution in [-0.2, 0) is 4.79 Å². The van der Waals surface area contributed by atoms with Gasteiger partial charge in [-0.25, -0.2) is 0 Å². The number of carboxylic acids is 1. The number of nitrogens with zero attached hydrogens (tertiary/aromatic N) is 1. The highest BCUT2D eigenvalue weighted by atomic mass is 19.4. The molecule has 0 aromatic rings. The molecule has 0 rings (SSSR count). The fourth-order valence-electron chi connectivity index (χ4n) is 0.814. The van der Waals surface area contributed by atoms with E-state index in [0.717, 1.165) is 0 Å². The van der Waals surface area contributed by atoms with E-state index < -0.39 is 24.5 Å². The summed E-state index contributed by atoms with van der Waals surface area (Å²) in [6.45, 7) is 0.108. The summed E-state index contributed by atoms with van der Waals surface area (Å²) in [6, 6.07) is 0. The first kappa shape index (κ1) is 12.2. The van der Waals surface area contributed by atoms with Gasteiger partial charge in [0.25, 0.3) is 0 Å². The molecular formula is C7H12F3NO2. The van der Waals surface area contributed by atoms with Gasteiger partial charge in [-0.15, -0.1) is 0 Å². The quantitative estimate of drug-likeness (QED) is 0.739. The van der Waals surface area contributed by atoms with Crippen LogP contribution in [0.15, 0.2) is 0 Å². The van der Waals surface area contributed by atoms with E-state index in [1.807, 2.05) is 0 Å². The van der Waals surface area contributed by atoms with Crippen LogP contribution in [0.25, 0.3) is 0 Å². The number of carbonyl (C=O) groups is 1. The van der Waals surface area contributed by atoms with Gasteiger partial charge < -0.3 is 10.0 Å². The van der Waals surface area contributed by atoms with Crippen LogP contribution < -0.4 is 0 Å². The van der Waals surface area contributed by atoms with E-state index >= 15 is 0 Å². The van der Waals surface area contributed by atoms with Gasteiger partial charge in [0, 0.05) is 0 Å². The number of carboxylic acid groups (broad SMARTS) is 1. The summed E-state index contributed by atoms with van der Waals surface area (Å²) >= 11 is 0. The molecule has 0 unspecified atom stereocenters. The molecule has 0 aliphatic rings. The van der Waals surface area contributed by atoms with Crippen molar-refractivity contribution in [1.29, 1.82) is 0 Å². The van der Waals surface area contributed by atoms with E-state index in [1.54, 1.807) is 14.1 Å². The minimum absolute atomic E-state index is 0.108. The number of hydrogen-bond donors (Lipinski definition) is 1. The second kappa shape index (κ2) is 4.45. The number of halogens is 3. The van der Waals surface area contributed by atoms with Gasteiger partial charge in [0.1, 0.15) is 0 Å². The van der Waals surface area contributed by atoms with Gasteiger partial charge in [0.05, 0.1) is 0 Å². The number of rotatable bonds is 4. The molecule has 0 spiro atoms. The lowest BCUT2D eigenvalue weighted by molar-refractivity contribution is -0.195. The average Bonchev–Trinajstić information content (AvgIpc) is 1.81. The molecule has 0 aliphatic carbocycles. The third kappa shape index (κ3) is 4.72. The topological polar surface area (TPSA) is 40.5 Å².